The Morgan fingerprint density at radius 2 is 0.879 bits per heavy atom. The zero-order valence-corrected chi connectivity index (χ0v) is 16.3. The van der Waals surface area contributed by atoms with Gasteiger partial charge in [-0.05, 0) is 0 Å². The number of alkyl halides is 9. The van der Waals surface area contributed by atoms with Gasteiger partial charge in [-0.1, -0.05) is 0 Å². The second-order valence-corrected chi connectivity index (χ2v) is 5.37. The zero-order chi connectivity index (χ0) is 25.9. The highest BCUT2D eigenvalue weighted by Gasteiger charge is 2.56. The van der Waals surface area contributed by atoms with Crippen LogP contribution in [0.5, 0.6) is 0 Å². The van der Waals surface area contributed by atoms with E-state index < -0.39 is 56.6 Å². The molecule has 0 radical (unpaired) electrons. The highest BCUT2D eigenvalue weighted by Crippen LogP contribution is 2.28. The molecule has 0 N–H and O–H groups in total. The molecule has 0 aliphatic carbocycles. The van der Waals surface area contributed by atoms with Crippen LogP contribution in [0.2, 0.25) is 0 Å². The van der Waals surface area contributed by atoms with Gasteiger partial charge < -0.3 is 32.8 Å². The molecule has 0 bridgehead atoms. The van der Waals surface area contributed by atoms with Crippen molar-refractivity contribution in [2.75, 3.05) is 46.8 Å². The Morgan fingerprint density at radius 3 is 1.18 bits per heavy atom. The molecule has 0 spiro atoms. The molecule has 0 aliphatic heterocycles. The fraction of sp³-hybridized carbons (Fsp3) is 0.769. The van der Waals surface area contributed by atoms with Crippen molar-refractivity contribution in [1.82, 2.24) is 0 Å². The Hall–Kier alpha value is -2.32. The summed E-state index contributed by atoms with van der Waals surface area (Å²) in [4.78, 5) is 33.0. The number of carbonyl (C=O) groups excluding carboxylic acids is 3. The van der Waals surface area contributed by atoms with Crippen LogP contribution in [0.3, 0.4) is 0 Å². The predicted molar refractivity (Wildman–Crippen MR) is 81.7 cm³/mol. The summed E-state index contributed by atoms with van der Waals surface area (Å²) in [5.41, 5.74) is 0. The number of rotatable bonds is 13. The highest BCUT2D eigenvalue weighted by molar-refractivity contribution is 6.59. The molecular formula is C13H15BF9O10-. The number of ether oxygens (including phenoxy) is 3. The maximum Gasteiger partial charge on any atom is 0.720 e. The normalized spacial score (nSPS) is 12.9. The van der Waals surface area contributed by atoms with Crippen LogP contribution in [-0.2, 0) is 47.2 Å². The van der Waals surface area contributed by atoms with Crippen LogP contribution in [0.25, 0.3) is 0 Å². The molecular weight excluding hydrogens is 498 g/mol. The Balaban J connectivity index is 5.52. The lowest BCUT2D eigenvalue weighted by atomic mass is 10.0. The van der Waals surface area contributed by atoms with Gasteiger partial charge in [-0.25, -0.2) is 14.4 Å². The van der Waals surface area contributed by atoms with Crippen molar-refractivity contribution in [3.05, 3.63) is 0 Å². The molecule has 33 heavy (non-hydrogen) atoms. The molecule has 0 amide bonds. The first kappa shape index (κ1) is 30.7. The van der Waals surface area contributed by atoms with Crippen molar-refractivity contribution < 1.29 is 86.7 Å². The van der Waals surface area contributed by atoms with Gasteiger partial charge in [0, 0.05) is 13.7 Å². The quantitative estimate of drug-likeness (QED) is 0.204. The molecule has 0 aromatic carbocycles. The average Bonchev–Trinajstić information content (AvgIpc) is 2.64. The van der Waals surface area contributed by atoms with E-state index in [0.29, 0.717) is 0 Å². The minimum Gasteiger partial charge on any atom is -0.590 e. The van der Waals surface area contributed by atoms with E-state index in [2.05, 4.69) is 23.4 Å². The van der Waals surface area contributed by atoms with E-state index in [9.17, 15) is 53.9 Å². The average molecular weight is 513 g/mol. The molecule has 0 fully saturated rings. The maximum absolute atomic E-state index is 12.4. The molecule has 0 atom stereocenters. The summed E-state index contributed by atoms with van der Waals surface area (Å²) in [6.07, 6.45) is -18.1. The van der Waals surface area contributed by atoms with Crippen molar-refractivity contribution in [2.45, 2.75) is 18.5 Å². The number of hydrogen-bond donors (Lipinski definition) is 0. The van der Waals surface area contributed by atoms with Crippen molar-refractivity contribution in [3.8, 4) is 0 Å². The number of halogens is 9. The predicted octanol–water partition coefficient (Wildman–Crippen LogP) is 1.43. The Morgan fingerprint density at radius 1 is 0.576 bits per heavy atom. The van der Waals surface area contributed by atoms with Crippen LogP contribution >= 0.6 is 0 Å². The van der Waals surface area contributed by atoms with Crippen LogP contribution in [0.1, 0.15) is 0 Å². The molecule has 0 unspecified atom stereocenters. The lowest BCUT2D eigenvalue weighted by molar-refractivity contribution is -0.217. The fourth-order valence-electron chi connectivity index (χ4n) is 1.48. The third kappa shape index (κ3) is 12.5. The van der Waals surface area contributed by atoms with Gasteiger partial charge in [-0.3, -0.25) is 0 Å². The van der Waals surface area contributed by atoms with Crippen molar-refractivity contribution in [2.24, 2.45) is 0 Å². The SMILES string of the molecule is COCCOCCOCCO[B-](OC(=O)C(F)(F)F)(OC(=O)C(F)(F)F)OC(=O)C(F)(F)F. The van der Waals surface area contributed by atoms with Gasteiger partial charge in [0.05, 0.1) is 33.0 Å². The summed E-state index contributed by atoms with van der Waals surface area (Å²) in [6, 6.07) is 0. The van der Waals surface area contributed by atoms with Gasteiger partial charge in [-0.2, -0.15) is 39.5 Å². The lowest BCUT2D eigenvalue weighted by Gasteiger charge is -2.39. The van der Waals surface area contributed by atoms with Crippen LogP contribution < -0.4 is 0 Å². The first-order valence-corrected chi connectivity index (χ1v) is 8.26. The Kier molecular flexibility index (Phi) is 11.9. The van der Waals surface area contributed by atoms with Crippen LogP contribution in [0.4, 0.5) is 39.5 Å². The van der Waals surface area contributed by atoms with Crippen molar-refractivity contribution in [1.29, 1.82) is 0 Å². The number of methoxy groups -OCH3 is 1. The third-order valence-electron chi connectivity index (χ3n) is 2.80. The lowest BCUT2D eigenvalue weighted by Crippen LogP contribution is -2.58. The van der Waals surface area contributed by atoms with Crippen molar-refractivity contribution >= 4 is 24.9 Å². The maximum atomic E-state index is 12.4. The molecule has 10 nitrogen and oxygen atoms in total. The Labute approximate surface area is 178 Å². The van der Waals surface area contributed by atoms with E-state index in [-0.39, 0.29) is 26.4 Å². The first-order valence-electron chi connectivity index (χ1n) is 8.26. The Bertz CT molecular complexity index is 581. The molecule has 0 aliphatic rings. The summed E-state index contributed by atoms with van der Waals surface area (Å²) in [5.74, 6) is -10.5. The minimum atomic E-state index is -6.04. The number of hydrogen-bond acceptors (Lipinski definition) is 10. The van der Waals surface area contributed by atoms with E-state index in [0.717, 1.165) is 0 Å². The molecule has 0 aromatic rings. The van der Waals surface area contributed by atoms with Gasteiger partial charge >= 0.3 is 43.4 Å². The van der Waals surface area contributed by atoms with Gasteiger partial charge in [0.1, 0.15) is 0 Å². The molecule has 0 saturated carbocycles. The van der Waals surface area contributed by atoms with E-state index in [1.807, 2.05) is 0 Å². The van der Waals surface area contributed by atoms with Gasteiger partial charge in [0.25, 0.3) is 0 Å². The molecule has 0 rings (SSSR count). The van der Waals surface area contributed by atoms with E-state index in [4.69, 9.17) is 9.47 Å². The summed E-state index contributed by atoms with van der Waals surface area (Å²) in [7, 11) is 1.37. The van der Waals surface area contributed by atoms with Crippen molar-refractivity contribution in [3.63, 3.8) is 0 Å². The standard InChI is InChI=1S/C13H15BF9O10/c1-27-2-3-28-4-5-29-6-7-30-14(31-8(24)11(15,16)17,32-9(25)12(18,19)20)33-10(26)13(21,22)23/h2-7H2,1H3/q-1. The van der Waals surface area contributed by atoms with Gasteiger partial charge in [0.15, 0.2) is 0 Å². The smallest absolute Gasteiger partial charge is 0.590 e. The van der Waals surface area contributed by atoms with Crippen LogP contribution in [0.15, 0.2) is 0 Å². The van der Waals surface area contributed by atoms with Gasteiger partial charge in [-0.15, -0.1) is 0 Å². The summed E-state index contributed by atoms with van der Waals surface area (Å²) >= 11 is 0. The van der Waals surface area contributed by atoms with E-state index >= 15 is 0 Å². The second-order valence-electron chi connectivity index (χ2n) is 5.37. The molecule has 0 heterocycles. The largest absolute Gasteiger partial charge is 0.720 e. The van der Waals surface area contributed by atoms with E-state index in [1.54, 1.807) is 0 Å². The second kappa shape index (κ2) is 12.8. The topological polar surface area (TPSA) is 116 Å². The van der Waals surface area contributed by atoms with Gasteiger partial charge in [0.2, 0.25) is 0 Å². The van der Waals surface area contributed by atoms with Crippen LogP contribution in [0, 0.1) is 0 Å². The monoisotopic (exact) mass is 513 g/mol. The summed E-state index contributed by atoms with van der Waals surface area (Å²) in [5, 5.41) is 0. The molecule has 0 saturated heterocycles. The zero-order valence-electron chi connectivity index (χ0n) is 16.3. The minimum absolute atomic E-state index is 0.102. The molecule has 20 heteroatoms. The van der Waals surface area contributed by atoms with Crippen LogP contribution in [-0.4, -0.2) is 90.1 Å². The molecule has 0 aromatic heterocycles. The summed E-state index contributed by atoms with van der Waals surface area (Å²) < 4.78 is 140. The highest BCUT2D eigenvalue weighted by atomic mass is 19.4. The fourth-order valence-corrected chi connectivity index (χ4v) is 1.48. The number of carbonyl (C=O) groups is 3. The third-order valence-corrected chi connectivity index (χ3v) is 2.80. The molecule has 194 valence electrons. The van der Waals surface area contributed by atoms with E-state index in [1.165, 1.54) is 7.11 Å². The first-order chi connectivity index (χ1) is 14.9. The summed E-state index contributed by atoms with van der Waals surface area (Å²) in [6.45, 7) is -7.82.